The number of rotatable bonds is 4. The van der Waals surface area contributed by atoms with Crippen LogP contribution in [0.3, 0.4) is 0 Å². The average molecular weight is 344 g/mol. The minimum Gasteiger partial charge on any atom is -0.375 e. The number of para-hydroxylation sites is 1. The topological polar surface area (TPSA) is 97.0 Å². The van der Waals surface area contributed by atoms with Crippen LogP contribution in [0, 0.1) is 0 Å². The number of nitrogens with one attached hydrogen (secondary N) is 1. The summed E-state index contributed by atoms with van der Waals surface area (Å²) >= 11 is 0. The molecule has 2 aliphatic rings. The maximum Gasteiger partial charge on any atom is 0.267 e. The van der Waals surface area contributed by atoms with E-state index in [2.05, 4.69) is 10.4 Å². The van der Waals surface area contributed by atoms with E-state index < -0.39 is 11.9 Å². The van der Waals surface area contributed by atoms with Crippen molar-refractivity contribution in [2.45, 2.75) is 57.4 Å². The van der Waals surface area contributed by atoms with Crippen molar-refractivity contribution in [3.05, 3.63) is 30.3 Å². The molecular formula is C18H24N4O3. The molecule has 1 saturated heterocycles. The lowest BCUT2D eigenvalue weighted by atomic mass is 9.99. The molecule has 7 heteroatoms. The molecule has 0 spiro atoms. The van der Waals surface area contributed by atoms with Crippen molar-refractivity contribution in [2.75, 3.05) is 5.01 Å². The van der Waals surface area contributed by atoms with Gasteiger partial charge in [-0.3, -0.25) is 14.6 Å². The number of hydrogen-bond donors (Lipinski definition) is 2. The van der Waals surface area contributed by atoms with Crippen LogP contribution in [0.2, 0.25) is 0 Å². The minimum absolute atomic E-state index is 0.0479. The summed E-state index contributed by atoms with van der Waals surface area (Å²) in [7, 11) is 0. The van der Waals surface area contributed by atoms with Crippen molar-refractivity contribution in [2.24, 2.45) is 10.8 Å². The summed E-state index contributed by atoms with van der Waals surface area (Å²) in [5.41, 5.74) is 6.58. The third-order valence-electron chi connectivity index (χ3n) is 4.55. The highest BCUT2D eigenvalue weighted by atomic mass is 16.5. The van der Waals surface area contributed by atoms with Gasteiger partial charge >= 0.3 is 0 Å². The van der Waals surface area contributed by atoms with E-state index in [9.17, 15) is 9.59 Å². The summed E-state index contributed by atoms with van der Waals surface area (Å²) in [4.78, 5) is 24.4. The van der Waals surface area contributed by atoms with Gasteiger partial charge in [0.25, 0.3) is 5.91 Å². The van der Waals surface area contributed by atoms with Crippen LogP contribution in [0.4, 0.5) is 5.69 Å². The van der Waals surface area contributed by atoms with E-state index in [4.69, 9.17) is 10.5 Å². The highest BCUT2D eigenvalue weighted by molar-refractivity contribution is 6.40. The Morgan fingerprint density at radius 2 is 1.84 bits per heavy atom. The number of primary amides is 1. The Kier molecular flexibility index (Phi) is 5.03. The fourth-order valence-corrected chi connectivity index (χ4v) is 3.48. The molecule has 1 fully saturated rings. The molecule has 2 amide bonds. The molecule has 2 heterocycles. The smallest absolute Gasteiger partial charge is 0.267 e. The van der Waals surface area contributed by atoms with Gasteiger partial charge in [0, 0.05) is 12.5 Å². The zero-order chi connectivity index (χ0) is 18.0. The number of carbonyl (C=O) groups is 2. The van der Waals surface area contributed by atoms with Crippen LogP contribution in [-0.2, 0) is 14.3 Å². The van der Waals surface area contributed by atoms with Gasteiger partial charge in [-0.05, 0) is 38.8 Å². The van der Waals surface area contributed by atoms with Crippen LogP contribution >= 0.6 is 0 Å². The highest BCUT2D eigenvalue weighted by Crippen LogP contribution is 2.25. The van der Waals surface area contributed by atoms with E-state index >= 15 is 0 Å². The lowest BCUT2D eigenvalue weighted by Crippen LogP contribution is -2.46. The van der Waals surface area contributed by atoms with E-state index in [0.29, 0.717) is 5.71 Å². The Labute approximate surface area is 147 Å². The Balaban J connectivity index is 1.73. The number of nitrogens with zero attached hydrogens (tertiary/aromatic N) is 2. The standard InChI is InChI=1S/C18H24N4O3/c1-11-8-13(9-12(2)25-11)20-18(24)15-10-16(17(19)23)22(21-15)14-6-4-3-5-7-14/h3-7,11-13,16H,8-10H2,1-2H3,(H2,19,23)(H,20,24)/t11-,12+,13?,16-/m0/s1. The number of hydrogen-bond acceptors (Lipinski definition) is 5. The van der Waals surface area contributed by atoms with Crippen molar-refractivity contribution < 1.29 is 14.3 Å². The number of nitrogens with two attached hydrogens (primary N) is 1. The van der Waals surface area contributed by atoms with Gasteiger partial charge in [0.05, 0.1) is 17.9 Å². The van der Waals surface area contributed by atoms with Crippen molar-refractivity contribution in [1.82, 2.24) is 5.32 Å². The summed E-state index contributed by atoms with van der Waals surface area (Å²) in [5, 5.41) is 8.93. The first-order valence-electron chi connectivity index (χ1n) is 8.61. The summed E-state index contributed by atoms with van der Waals surface area (Å²) in [6, 6.07) is 8.66. The monoisotopic (exact) mass is 344 g/mol. The number of anilines is 1. The fourth-order valence-electron chi connectivity index (χ4n) is 3.48. The zero-order valence-electron chi connectivity index (χ0n) is 14.5. The Hall–Kier alpha value is -2.41. The predicted molar refractivity (Wildman–Crippen MR) is 95.1 cm³/mol. The first-order chi connectivity index (χ1) is 11.9. The third kappa shape index (κ3) is 3.99. The third-order valence-corrected chi connectivity index (χ3v) is 4.55. The summed E-state index contributed by atoms with van der Waals surface area (Å²) in [6.07, 6.45) is 1.97. The normalized spacial score (nSPS) is 29.2. The van der Waals surface area contributed by atoms with Crippen LogP contribution < -0.4 is 16.1 Å². The van der Waals surface area contributed by atoms with Crippen LogP contribution in [-0.4, -0.2) is 41.8 Å². The Morgan fingerprint density at radius 1 is 1.20 bits per heavy atom. The van der Waals surface area contributed by atoms with E-state index in [1.54, 1.807) is 0 Å². The van der Waals surface area contributed by atoms with Crippen molar-refractivity contribution in [3.8, 4) is 0 Å². The van der Waals surface area contributed by atoms with Gasteiger partial charge in [-0.25, -0.2) is 0 Å². The van der Waals surface area contributed by atoms with Gasteiger partial charge in [0.15, 0.2) is 0 Å². The molecule has 0 aliphatic carbocycles. The molecule has 0 bridgehead atoms. The molecule has 134 valence electrons. The van der Waals surface area contributed by atoms with E-state index in [0.717, 1.165) is 18.5 Å². The van der Waals surface area contributed by atoms with Gasteiger partial charge in [-0.15, -0.1) is 0 Å². The molecule has 3 N–H and O–H groups in total. The van der Waals surface area contributed by atoms with Gasteiger partial charge in [-0.1, -0.05) is 18.2 Å². The molecule has 0 saturated carbocycles. The molecule has 3 rings (SSSR count). The first-order valence-corrected chi connectivity index (χ1v) is 8.61. The lowest BCUT2D eigenvalue weighted by molar-refractivity contribution is -0.119. The molecule has 25 heavy (non-hydrogen) atoms. The second kappa shape index (κ2) is 7.23. The second-order valence-corrected chi connectivity index (χ2v) is 6.75. The molecule has 1 aromatic rings. The van der Waals surface area contributed by atoms with Crippen molar-refractivity contribution in [1.29, 1.82) is 0 Å². The average Bonchev–Trinajstić information content (AvgIpc) is 3.00. The van der Waals surface area contributed by atoms with Gasteiger partial charge in [0.2, 0.25) is 5.91 Å². The Bertz CT molecular complexity index is 666. The largest absolute Gasteiger partial charge is 0.375 e. The van der Waals surface area contributed by atoms with Crippen LogP contribution in [0.1, 0.15) is 33.1 Å². The number of carbonyl (C=O) groups excluding carboxylic acids is 2. The number of ether oxygens (including phenoxy) is 1. The van der Waals surface area contributed by atoms with Crippen molar-refractivity contribution in [3.63, 3.8) is 0 Å². The molecular weight excluding hydrogens is 320 g/mol. The quantitative estimate of drug-likeness (QED) is 0.857. The first kappa shape index (κ1) is 17.4. The Morgan fingerprint density at radius 3 is 2.44 bits per heavy atom. The maximum atomic E-state index is 12.6. The SMILES string of the molecule is C[C@@H]1CC(NC(=O)C2=NN(c3ccccc3)[C@H](C(N)=O)C2)C[C@H](C)O1. The minimum atomic E-state index is -0.643. The van der Waals surface area contributed by atoms with Gasteiger partial charge in [0.1, 0.15) is 11.8 Å². The molecule has 1 unspecified atom stereocenters. The van der Waals surface area contributed by atoms with E-state index in [1.165, 1.54) is 5.01 Å². The van der Waals surface area contributed by atoms with E-state index in [-0.39, 0.29) is 30.6 Å². The van der Waals surface area contributed by atoms with Crippen LogP contribution in [0.5, 0.6) is 0 Å². The molecule has 0 aromatic heterocycles. The molecule has 0 radical (unpaired) electrons. The lowest BCUT2D eigenvalue weighted by Gasteiger charge is -2.32. The van der Waals surface area contributed by atoms with E-state index in [1.807, 2.05) is 44.2 Å². The number of hydrazone groups is 1. The second-order valence-electron chi connectivity index (χ2n) is 6.75. The zero-order valence-corrected chi connectivity index (χ0v) is 14.5. The number of benzene rings is 1. The van der Waals surface area contributed by atoms with Gasteiger partial charge < -0.3 is 15.8 Å². The van der Waals surface area contributed by atoms with Crippen LogP contribution in [0.15, 0.2) is 35.4 Å². The highest BCUT2D eigenvalue weighted by Gasteiger charge is 2.36. The molecule has 7 nitrogen and oxygen atoms in total. The molecule has 4 atom stereocenters. The summed E-state index contributed by atoms with van der Waals surface area (Å²) in [6.45, 7) is 4.00. The molecule has 2 aliphatic heterocycles. The predicted octanol–water partition coefficient (Wildman–Crippen LogP) is 1.18. The fraction of sp³-hybridized carbons (Fsp3) is 0.500. The maximum absolute atomic E-state index is 12.6. The molecule has 1 aromatic carbocycles. The summed E-state index contributed by atoms with van der Waals surface area (Å²) in [5.74, 6) is -0.736. The van der Waals surface area contributed by atoms with Crippen LogP contribution in [0.25, 0.3) is 0 Å². The van der Waals surface area contributed by atoms with Crippen molar-refractivity contribution >= 4 is 23.2 Å². The summed E-state index contributed by atoms with van der Waals surface area (Å²) < 4.78 is 5.70. The number of amides is 2. The van der Waals surface area contributed by atoms with Gasteiger partial charge in [-0.2, -0.15) is 5.10 Å².